The summed E-state index contributed by atoms with van der Waals surface area (Å²) < 4.78 is 0. The molecule has 0 spiro atoms. The molecule has 3 nitrogen and oxygen atoms in total. The molecule has 0 aliphatic rings. The van der Waals surface area contributed by atoms with Gasteiger partial charge in [-0.25, -0.2) is 0 Å². The summed E-state index contributed by atoms with van der Waals surface area (Å²) in [5, 5.41) is 17.6. The SMILES string of the molecule is CC(C)C[C@@H](C)/C=C\[C@H](O)CC(=O)O. The second-order valence-corrected chi connectivity index (χ2v) is 4.16. The number of allylic oxidation sites excluding steroid dienone is 1. The maximum absolute atomic E-state index is 10.2. The highest BCUT2D eigenvalue weighted by Crippen LogP contribution is 2.12. The average molecular weight is 200 g/mol. The van der Waals surface area contributed by atoms with Crippen molar-refractivity contribution >= 4 is 5.97 Å². The molecule has 2 N–H and O–H groups in total. The number of carbonyl (C=O) groups is 1. The third-order valence-corrected chi connectivity index (χ3v) is 1.89. The maximum Gasteiger partial charge on any atom is 0.306 e. The standard InChI is InChI=1S/C11H20O3/c1-8(2)6-9(3)4-5-10(12)7-11(13)14/h4-5,8-10,12H,6-7H2,1-3H3,(H,13,14)/b5-4-/t9-,10-/m0/s1. The number of aliphatic hydroxyl groups is 1. The fourth-order valence-corrected chi connectivity index (χ4v) is 1.39. The Morgan fingerprint density at radius 3 is 2.29 bits per heavy atom. The van der Waals surface area contributed by atoms with E-state index in [1.54, 1.807) is 6.08 Å². The molecule has 0 aromatic heterocycles. The van der Waals surface area contributed by atoms with Crippen LogP contribution in [-0.2, 0) is 4.79 Å². The fraction of sp³-hybridized carbons (Fsp3) is 0.727. The first-order chi connectivity index (χ1) is 6.41. The molecule has 2 atom stereocenters. The third kappa shape index (κ3) is 7.80. The summed E-state index contributed by atoms with van der Waals surface area (Å²) in [5.41, 5.74) is 0. The van der Waals surface area contributed by atoms with Gasteiger partial charge in [0.15, 0.2) is 0 Å². The lowest BCUT2D eigenvalue weighted by atomic mass is 9.98. The van der Waals surface area contributed by atoms with E-state index in [1.165, 1.54) is 0 Å². The van der Waals surface area contributed by atoms with Crippen LogP contribution >= 0.6 is 0 Å². The van der Waals surface area contributed by atoms with Crippen molar-refractivity contribution < 1.29 is 15.0 Å². The predicted molar refractivity (Wildman–Crippen MR) is 56.0 cm³/mol. The summed E-state index contributed by atoms with van der Waals surface area (Å²) in [7, 11) is 0. The van der Waals surface area contributed by atoms with Gasteiger partial charge in [0.25, 0.3) is 0 Å². The molecule has 0 fully saturated rings. The Bertz CT molecular complexity index is 197. The first-order valence-electron chi connectivity index (χ1n) is 5.00. The predicted octanol–water partition coefficient (Wildman–Crippen LogP) is 2.06. The van der Waals surface area contributed by atoms with Crippen LogP contribution in [-0.4, -0.2) is 22.3 Å². The Balaban J connectivity index is 3.84. The van der Waals surface area contributed by atoms with Crippen molar-refractivity contribution in [1.29, 1.82) is 0 Å². The summed E-state index contributed by atoms with van der Waals surface area (Å²) >= 11 is 0. The Kier molecular flexibility index (Phi) is 6.21. The van der Waals surface area contributed by atoms with Gasteiger partial charge in [-0.2, -0.15) is 0 Å². The number of hydrogen-bond acceptors (Lipinski definition) is 2. The highest BCUT2D eigenvalue weighted by molar-refractivity contribution is 5.67. The summed E-state index contributed by atoms with van der Waals surface area (Å²) in [5.74, 6) is 0.0309. The van der Waals surface area contributed by atoms with Gasteiger partial charge in [0, 0.05) is 0 Å². The molecule has 0 bridgehead atoms. The normalized spacial score (nSPS) is 16.1. The topological polar surface area (TPSA) is 57.5 Å². The van der Waals surface area contributed by atoms with Crippen molar-refractivity contribution in [3.63, 3.8) is 0 Å². The molecule has 0 radical (unpaired) electrons. The van der Waals surface area contributed by atoms with E-state index in [0.717, 1.165) is 6.42 Å². The van der Waals surface area contributed by atoms with Crippen molar-refractivity contribution in [1.82, 2.24) is 0 Å². The number of carboxylic acids is 1. The summed E-state index contributed by atoms with van der Waals surface area (Å²) in [6, 6.07) is 0. The van der Waals surface area contributed by atoms with Crippen molar-refractivity contribution in [2.24, 2.45) is 11.8 Å². The fourth-order valence-electron chi connectivity index (χ4n) is 1.39. The second-order valence-electron chi connectivity index (χ2n) is 4.16. The van der Waals surface area contributed by atoms with Crippen LogP contribution < -0.4 is 0 Å². The van der Waals surface area contributed by atoms with Gasteiger partial charge < -0.3 is 10.2 Å². The zero-order valence-corrected chi connectivity index (χ0v) is 9.10. The Morgan fingerprint density at radius 1 is 1.29 bits per heavy atom. The van der Waals surface area contributed by atoms with E-state index in [0.29, 0.717) is 11.8 Å². The van der Waals surface area contributed by atoms with Gasteiger partial charge in [0.1, 0.15) is 0 Å². The van der Waals surface area contributed by atoms with Crippen LogP contribution in [0.5, 0.6) is 0 Å². The van der Waals surface area contributed by atoms with Crippen LogP contribution in [0.15, 0.2) is 12.2 Å². The molecule has 0 aliphatic carbocycles. The lowest BCUT2D eigenvalue weighted by Gasteiger charge is -2.09. The first kappa shape index (κ1) is 13.2. The minimum atomic E-state index is -0.973. The van der Waals surface area contributed by atoms with Gasteiger partial charge in [-0.1, -0.05) is 32.9 Å². The molecule has 0 saturated carbocycles. The molecule has 0 unspecified atom stereocenters. The van der Waals surface area contributed by atoms with Gasteiger partial charge in [0.2, 0.25) is 0 Å². The summed E-state index contributed by atoms with van der Waals surface area (Å²) in [6.07, 6.45) is 3.43. The van der Waals surface area contributed by atoms with Crippen molar-refractivity contribution in [3.05, 3.63) is 12.2 Å². The van der Waals surface area contributed by atoms with Gasteiger partial charge >= 0.3 is 5.97 Å². The smallest absolute Gasteiger partial charge is 0.306 e. The van der Waals surface area contributed by atoms with Crippen LogP contribution in [0.3, 0.4) is 0 Å². The molecule has 14 heavy (non-hydrogen) atoms. The molecule has 3 heteroatoms. The molecule has 82 valence electrons. The van der Waals surface area contributed by atoms with Crippen molar-refractivity contribution in [3.8, 4) is 0 Å². The Labute approximate surface area is 85.4 Å². The van der Waals surface area contributed by atoms with Gasteiger partial charge in [0.05, 0.1) is 12.5 Å². The van der Waals surface area contributed by atoms with Gasteiger partial charge in [-0.05, 0) is 18.3 Å². The second kappa shape index (κ2) is 6.60. The maximum atomic E-state index is 10.2. The minimum Gasteiger partial charge on any atom is -0.481 e. The largest absolute Gasteiger partial charge is 0.481 e. The molecule has 0 amide bonds. The molecule has 0 aliphatic heterocycles. The number of aliphatic hydroxyl groups excluding tert-OH is 1. The highest BCUT2D eigenvalue weighted by atomic mass is 16.4. The molecule has 0 rings (SSSR count). The molecule has 0 aromatic rings. The number of hydrogen-bond donors (Lipinski definition) is 2. The Hall–Kier alpha value is -0.830. The monoisotopic (exact) mass is 200 g/mol. The number of aliphatic carboxylic acids is 1. The molecular weight excluding hydrogens is 180 g/mol. The Morgan fingerprint density at radius 2 is 1.86 bits per heavy atom. The van der Waals surface area contributed by atoms with Crippen LogP contribution in [0.2, 0.25) is 0 Å². The zero-order chi connectivity index (χ0) is 11.1. The summed E-state index contributed by atoms with van der Waals surface area (Å²) in [4.78, 5) is 10.2. The van der Waals surface area contributed by atoms with E-state index in [2.05, 4.69) is 20.8 Å². The highest BCUT2D eigenvalue weighted by Gasteiger charge is 2.06. The van der Waals surface area contributed by atoms with E-state index in [4.69, 9.17) is 5.11 Å². The van der Waals surface area contributed by atoms with E-state index in [9.17, 15) is 9.90 Å². The lowest BCUT2D eigenvalue weighted by Crippen LogP contribution is -2.10. The van der Waals surface area contributed by atoms with Crippen LogP contribution in [0.1, 0.15) is 33.6 Å². The first-order valence-corrected chi connectivity index (χ1v) is 5.00. The zero-order valence-electron chi connectivity index (χ0n) is 9.10. The molecule has 0 aromatic carbocycles. The molecule has 0 heterocycles. The minimum absolute atomic E-state index is 0.217. The van der Waals surface area contributed by atoms with Crippen molar-refractivity contribution in [2.45, 2.75) is 39.7 Å². The van der Waals surface area contributed by atoms with Crippen LogP contribution in [0.25, 0.3) is 0 Å². The average Bonchev–Trinajstić information content (AvgIpc) is 1.98. The molecule has 0 saturated heterocycles. The van der Waals surface area contributed by atoms with Crippen molar-refractivity contribution in [2.75, 3.05) is 0 Å². The van der Waals surface area contributed by atoms with E-state index in [1.807, 2.05) is 6.08 Å². The van der Waals surface area contributed by atoms with Gasteiger partial charge in [-0.3, -0.25) is 4.79 Å². The third-order valence-electron chi connectivity index (χ3n) is 1.89. The quantitative estimate of drug-likeness (QED) is 0.645. The summed E-state index contributed by atoms with van der Waals surface area (Å²) in [6.45, 7) is 6.33. The molecular formula is C11H20O3. The number of carboxylic acid groups (broad SMARTS) is 1. The van der Waals surface area contributed by atoms with Crippen LogP contribution in [0.4, 0.5) is 0 Å². The number of rotatable bonds is 6. The van der Waals surface area contributed by atoms with E-state index in [-0.39, 0.29) is 6.42 Å². The van der Waals surface area contributed by atoms with E-state index < -0.39 is 12.1 Å². The van der Waals surface area contributed by atoms with Crippen LogP contribution in [0, 0.1) is 11.8 Å². The van der Waals surface area contributed by atoms with E-state index >= 15 is 0 Å². The van der Waals surface area contributed by atoms with Gasteiger partial charge in [-0.15, -0.1) is 0 Å². The lowest BCUT2D eigenvalue weighted by molar-refractivity contribution is -0.138.